The highest BCUT2D eigenvalue weighted by Gasteiger charge is 2.15. The molecule has 7 heteroatoms. The molecule has 0 saturated carbocycles. The summed E-state index contributed by atoms with van der Waals surface area (Å²) < 4.78 is 4.57. The topological polar surface area (TPSA) is 95.2 Å². The van der Waals surface area contributed by atoms with Gasteiger partial charge in [0, 0.05) is 23.4 Å². The van der Waals surface area contributed by atoms with Crippen molar-refractivity contribution in [1.82, 2.24) is 9.97 Å². The zero-order valence-corrected chi connectivity index (χ0v) is 10.9. The number of benzene rings is 1. The molecule has 2 aromatic rings. The smallest absolute Gasteiger partial charge is 0.356 e. The molecule has 0 spiro atoms. The van der Waals surface area contributed by atoms with Crippen LogP contribution in [0, 0.1) is 17.0 Å². The van der Waals surface area contributed by atoms with Gasteiger partial charge in [-0.15, -0.1) is 0 Å². The van der Waals surface area contributed by atoms with E-state index in [1.54, 1.807) is 19.1 Å². The molecule has 20 heavy (non-hydrogen) atoms. The predicted octanol–water partition coefficient (Wildman–Crippen LogP) is 2.15. The van der Waals surface area contributed by atoms with Gasteiger partial charge in [-0.25, -0.2) is 14.8 Å². The van der Waals surface area contributed by atoms with Crippen molar-refractivity contribution < 1.29 is 14.5 Å². The van der Waals surface area contributed by atoms with E-state index >= 15 is 0 Å². The van der Waals surface area contributed by atoms with Gasteiger partial charge >= 0.3 is 5.97 Å². The second-order valence-corrected chi connectivity index (χ2v) is 4.02. The van der Waals surface area contributed by atoms with Crippen LogP contribution in [0.1, 0.15) is 16.1 Å². The quantitative estimate of drug-likeness (QED) is 0.483. The number of hydrogen-bond acceptors (Lipinski definition) is 6. The summed E-state index contributed by atoms with van der Waals surface area (Å²) in [7, 11) is 1.25. The first-order valence-electron chi connectivity index (χ1n) is 5.69. The maximum Gasteiger partial charge on any atom is 0.356 e. The van der Waals surface area contributed by atoms with Gasteiger partial charge in [-0.2, -0.15) is 0 Å². The van der Waals surface area contributed by atoms with Crippen LogP contribution in [0.25, 0.3) is 11.4 Å². The zero-order chi connectivity index (χ0) is 14.7. The van der Waals surface area contributed by atoms with Crippen molar-refractivity contribution >= 4 is 11.7 Å². The van der Waals surface area contributed by atoms with Crippen molar-refractivity contribution in [3.63, 3.8) is 0 Å². The van der Waals surface area contributed by atoms with E-state index in [-0.39, 0.29) is 17.2 Å². The molecule has 0 saturated heterocycles. The van der Waals surface area contributed by atoms with Crippen LogP contribution in [0.5, 0.6) is 0 Å². The number of ether oxygens (including phenoxy) is 1. The first-order valence-corrected chi connectivity index (χ1v) is 5.69. The van der Waals surface area contributed by atoms with E-state index in [9.17, 15) is 14.9 Å². The first-order chi connectivity index (χ1) is 9.52. The Balaban J connectivity index is 2.49. The van der Waals surface area contributed by atoms with Crippen molar-refractivity contribution in [2.45, 2.75) is 6.92 Å². The van der Waals surface area contributed by atoms with Gasteiger partial charge in [0.2, 0.25) is 0 Å². The summed E-state index contributed by atoms with van der Waals surface area (Å²) in [6.45, 7) is 1.65. The fourth-order valence-corrected chi connectivity index (χ4v) is 1.66. The monoisotopic (exact) mass is 273 g/mol. The molecule has 0 aliphatic heterocycles. The minimum atomic E-state index is -0.588. The van der Waals surface area contributed by atoms with Gasteiger partial charge in [0.05, 0.1) is 12.0 Å². The first kappa shape index (κ1) is 13.6. The molecule has 2 rings (SSSR count). The molecule has 0 aliphatic carbocycles. The number of methoxy groups -OCH3 is 1. The van der Waals surface area contributed by atoms with Crippen LogP contribution in [0.3, 0.4) is 0 Å². The molecular formula is C13H11N3O4. The molecule has 1 aromatic carbocycles. The number of hydrogen-bond donors (Lipinski definition) is 0. The second-order valence-electron chi connectivity index (χ2n) is 4.02. The maximum atomic E-state index is 11.4. The Morgan fingerprint density at radius 2 is 2.10 bits per heavy atom. The number of aromatic nitrogens is 2. The van der Waals surface area contributed by atoms with Crippen LogP contribution >= 0.6 is 0 Å². The number of nitrogens with zero attached hydrogens (tertiary/aromatic N) is 3. The van der Waals surface area contributed by atoms with Crippen LogP contribution < -0.4 is 0 Å². The van der Waals surface area contributed by atoms with Gasteiger partial charge in [0.15, 0.2) is 11.5 Å². The van der Waals surface area contributed by atoms with Crippen LogP contribution in [-0.4, -0.2) is 28.0 Å². The van der Waals surface area contributed by atoms with Crippen molar-refractivity contribution in [3.8, 4) is 11.4 Å². The minimum absolute atomic E-state index is 0.0189. The Morgan fingerprint density at radius 1 is 1.35 bits per heavy atom. The number of aryl methyl sites for hydroxylation is 1. The number of rotatable bonds is 3. The summed E-state index contributed by atoms with van der Waals surface area (Å²) in [6, 6.07) is 6.07. The van der Waals surface area contributed by atoms with Gasteiger partial charge in [0.1, 0.15) is 0 Å². The lowest BCUT2D eigenvalue weighted by Gasteiger charge is -2.04. The molecule has 0 aliphatic rings. The van der Waals surface area contributed by atoms with Crippen LogP contribution in [0.2, 0.25) is 0 Å². The Hall–Kier alpha value is -2.83. The van der Waals surface area contributed by atoms with Gasteiger partial charge in [-0.3, -0.25) is 10.1 Å². The van der Waals surface area contributed by atoms with Crippen molar-refractivity contribution in [3.05, 3.63) is 51.8 Å². The molecule has 0 amide bonds. The molecule has 0 fully saturated rings. The lowest BCUT2D eigenvalue weighted by Crippen LogP contribution is -2.05. The predicted molar refractivity (Wildman–Crippen MR) is 70.2 cm³/mol. The Bertz CT molecular complexity index is 685. The third-order valence-electron chi connectivity index (χ3n) is 2.71. The summed E-state index contributed by atoms with van der Waals surface area (Å²) in [5.74, 6) is -0.355. The normalized spacial score (nSPS) is 10.1. The SMILES string of the molecule is COC(=O)c1ccnc(-c2ccc(C)c([N+](=O)[O-])c2)n1. The second kappa shape index (κ2) is 5.43. The van der Waals surface area contributed by atoms with Gasteiger partial charge in [-0.1, -0.05) is 12.1 Å². The molecule has 0 unspecified atom stereocenters. The number of esters is 1. The van der Waals surface area contributed by atoms with E-state index in [0.29, 0.717) is 11.1 Å². The van der Waals surface area contributed by atoms with E-state index in [1.165, 1.54) is 25.4 Å². The van der Waals surface area contributed by atoms with Gasteiger partial charge in [0.25, 0.3) is 5.69 Å². The minimum Gasteiger partial charge on any atom is -0.464 e. The number of carbonyl (C=O) groups excluding carboxylic acids is 1. The molecule has 0 bridgehead atoms. The van der Waals surface area contributed by atoms with E-state index in [1.807, 2.05) is 0 Å². The highest BCUT2D eigenvalue weighted by atomic mass is 16.6. The third kappa shape index (κ3) is 2.61. The highest BCUT2D eigenvalue weighted by molar-refractivity contribution is 5.87. The number of nitro groups is 1. The highest BCUT2D eigenvalue weighted by Crippen LogP contribution is 2.24. The lowest BCUT2D eigenvalue weighted by molar-refractivity contribution is -0.385. The van der Waals surface area contributed by atoms with Gasteiger partial charge < -0.3 is 4.74 Å². The summed E-state index contributed by atoms with van der Waals surface area (Å²) in [5, 5.41) is 10.9. The van der Waals surface area contributed by atoms with Crippen LogP contribution in [-0.2, 0) is 4.74 Å². The molecule has 7 nitrogen and oxygen atoms in total. The molecule has 1 aromatic heterocycles. The molecule has 0 N–H and O–H groups in total. The van der Waals surface area contributed by atoms with Crippen molar-refractivity contribution in [1.29, 1.82) is 0 Å². The fraction of sp³-hybridized carbons (Fsp3) is 0.154. The average Bonchev–Trinajstić information content (AvgIpc) is 2.46. The molecule has 0 radical (unpaired) electrons. The molecule has 102 valence electrons. The van der Waals surface area contributed by atoms with Crippen molar-refractivity contribution in [2.24, 2.45) is 0 Å². The Morgan fingerprint density at radius 3 is 2.75 bits per heavy atom. The molecule has 0 atom stereocenters. The van der Waals surface area contributed by atoms with E-state index < -0.39 is 10.9 Å². The van der Waals surface area contributed by atoms with Crippen molar-refractivity contribution in [2.75, 3.05) is 7.11 Å². The summed E-state index contributed by atoms with van der Waals surface area (Å²) in [4.78, 5) is 29.9. The van der Waals surface area contributed by atoms with E-state index in [0.717, 1.165) is 0 Å². The summed E-state index contributed by atoms with van der Waals surface area (Å²) in [6.07, 6.45) is 1.40. The third-order valence-corrected chi connectivity index (χ3v) is 2.71. The van der Waals surface area contributed by atoms with Crippen LogP contribution in [0.15, 0.2) is 30.5 Å². The average molecular weight is 273 g/mol. The summed E-state index contributed by atoms with van der Waals surface area (Å²) in [5.41, 5.74) is 1.09. The maximum absolute atomic E-state index is 11.4. The standard InChI is InChI=1S/C13H11N3O4/c1-8-3-4-9(7-11(8)16(18)19)12-14-6-5-10(15-12)13(17)20-2/h3-7H,1-2H3. The van der Waals surface area contributed by atoms with E-state index in [4.69, 9.17) is 0 Å². The number of nitro benzene ring substituents is 1. The molecular weight excluding hydrogens is 262 g/mol. The van der Waals surface area contributed by atoms with Crippen LogP contribution in [0.4, 0.5) is 5.69 Å². The summed E-state index contributed by atoms with van der Waals surface area (Å²) >= 11 is 0. The fourth-order valence-electron chi connectivity index (χ4n) is 1.66. The number of carbonyl (C=O) groups is 1. The van der Waals surface area contributed by atoms with E-state index in [2.05, 4.69) is 14.7 Å². The largest absolute Gasteiger partial charge is 0.464 e. The van der Waals surface area contributed by atoms with Gasteiger partial charge in [-0.05, 0) is 13.0 Å². The zero-order valence-electron chi connectivity index (χ0n) is 10.9. The Labute approximate surface area is 114 Å². The lowest BCUT2D eigenvalue weighted by atomic mass is 10.1. The molecule has 1 heterocycles. The Kier molecular flexibility index (Phi) is 3.69.